The third kappa shape index (κ3) is 13.1. The van der Waals surface area contributed by atoms with E-state index in [-0.39, 0.29) is 37.8 Å². The minimum absolute atomic E-state index is 0.00767. The van der Waals surface area contributed by atoms with Crippen molar-refractivity contribution in [3.63, 3.8) is 0 Å². The van der Waals surface area contributed by atoms with Crippen molar-refractivity contribution >= 4 is 41.5 Å². The van der Waals surface area contributed by atoms with Gasteiger partial charge in [-0.1, -0.05) is 0 Å². The van der Waals surface area contributed by atoms with Gasteiger partial charge in [-0.15, -0.1) is 0 Å². The number of hydrogen-bond donors (Lipinski definition) is 10. The smallest absolute Gasteiger partial charge is 0.328 e. The predicted molar refractivity (Wildman–Crippen MR) is 171 cm³/mol. The number of nitrogens with two attached hydrogens (primary N) is 3. The first-order valence-corrected chi connectivity index (χ1v) is 15.5. The fourth-order valence-corrected chi connectivity index (χ4v) is 4.94. The number of primary amides is 1. The summed E-state index contributed by atoms with van der Waals surface area (Å²) in [4.78, 5) is 87.6. The molecule has 1 saturated heterocycles. The van der Waals surface area contributed by atoms with Crippen molar-refractivity contribution in [3.05, 3.63) is 18.2 Å². The SMILES string of the molecule is COC(=O)C(CC(N)=O)NC(=O)[C@H](CCCN=C(N)N)NC(=O)C(CO)NC(=O)[C@H](Cc1cnc[nH]1)NC(=O)[C@@H]1CCCN1NC(C)C. The van der Waals surface area contributed by atoms with Crippen LogP contribution in [0.4, 0.5) is 0 Å². The zero-order chi connectivity index (χ0) is 35.8. The molecule has 0 bridgehead atoms. The highest BCUT2D eigenvalue weighted by Crippen LogP contribution is 2.16. The number of aliphatic hydroxyl groups is 1. The molecule has 5 atom stereocenters. The largest absolute Gasteiger partial charge is 0.467 e. The molecule has 5 amide bonds. The second-order valence-corrected chi connectivity index (χ2v) is 11.5. The Kier molecular flexibility index (Phi) is 16.2. The van der Waals surface area contributed by atoms with Crippen LogP contribution in [0.1, 0.15) is 51.6 Å². The zero-order valence-corrected chi connectivity index (χ0v) is 27.4. The number of hydrogen-bond acceptors (Lipinski definition) is 12. The molecule has 13 N–H and O–H groups in total. The van der Waals surface area contributed by atoms with Gasteiger partial charge in [0.15, 0.2) is 5.96 Å². The number of aromatic nitrogens is 2. The Hall–Kier alpha value is -4.82. The van der Waals surface area contributed by atoms with E-state index in [1.54, 1.807) is 0 Å². The second-order valence-electron chi connectivity index (χ2n) is 11.5. The molecular weight excluding hydrogens is 632 g/mol. The van der Waals surface area contributed by atoms with Gasteiger partial charge >= 0.3 is 5.97 Å². The van der Waals surface area contributed by atoms with Gasteiger partial charge < -0.3 is 53.3 Å². The Morgan fingerprint density at radius 3 is 2.25 bits per heavy atom. The number of carbonyl (C=O) groups is 6. The maximum Gasteiger partial charge on any atom is 0.328 e. The minimum atomic E-state index is -1.56. The number of ether oxygens (including phenoxy) is 1. The van der Waals surface area contributed by atoms with E-state index < -0.39 is 78.7 Å². The molecule has 1 aliphatic heterocycles. The van der Waals surface area contributed by atoms with E-state index in [9.17, 15) is 33.9 Å². The van der Waals surface area contributed by atoms with Crippen LogP contribution >= 0.6 is 0 Å². The lowest BCUT2D eigenvalue weighted by Crippen LogP contribution is -2.60. The highest BCUT2D eigenvalue weighted by molar-refractivity contribution is 5.96. The van der Waals surface area contributed by atoms with Crippen LogP contribution in [-0.2, 0) is 39.9 Å². The average Bonchev–Trinajstić information content (AvgIpc) is 3.71. The van der Waals surface area contributed by atoms with Gasteiger partial charge in [0, 0.05) is 37.4 Å². The first kappa shape index (κ1) is 39.4. The predicted octanol–water partition coefficient (Wildman–Crippen LogP) is -4.64. The average molecular weight is 681 g/mol. The van der Waals surface area contributed by atoms with Crippen LogP contribution in [0.25, 0.3) is 0 Å². The van der Waals surface area contributed by atoms with Gasteiger partial charge in [0.25, 0.3) is 0 Å². The first-order valence-electron chi connectivity index (χ1n) is 15.5. The summed E-state index contributed by atoms with van der Waals surface area (Å²) in [6, 6.07) is -5.96. The quantitative estimate of drug-likeness (QED) is 0.0268. The van der Waals surface area contributed by atoms with Gasteiger partial charge in [-0.2, -0.15) is 0 Å². The van der Waals surface area contributed by atoms with Crippen molar-refractivity contribution in [2.45, 2.75) is 88.6 Å². The normalized spacial score (nSPS) is 17.0. The van der Waals surface area contributed by atoms with E-state index in [4.69, 9.17) is 17.2 Å². The van der Waals surface area contributed by atoms with Crippen molar-refractivity contribution in [1.29, 1.82) is 0 Å². The molecule has 1 aromatic rings. The molecule has 0 aromatic carbocycles. The van der Waals surface area contributed by atoms with Crippen molar-refractivity contribution in [2.75, 3.05) is 26.8 Å². The molecule has 2 rings (SSSR count). The van der Waals surface area contributed by atoms with E-state index in [0.29, 0.717) is 18.7 Å². The second kappa shape index (κ2) is 19.8. The number of amides is 5. The summed E-state index contributed by atoms with van der Waals surface area (Å²) in [7, 11) is 1.06. The zero-order valence-electron chi connectivity index (χ0n) is 27.4. The molecule has 1 fully saturated rings. The molecule has 0 spiro atoms. The van der Waals surface area contributed by atoms with E-state index in [1.807, 2.05) is 18.9 Å². The monoisotopic (exact) mass is 680 g/mol. The molecule has 1 aromatic heterocycles. The standard InChI is InChI=1S/C28H48N12O8/c1-15(2)39-40-9-5-7-21(40)26(46)36-18(10-16-12-32-14-34-16)24(44)38-20(13-41)25(45)35-17(6-4-8-33-28(30)31)23(43)37-19(11-22(29)42)27(47)48-3/h12,14-15,17-21,39,41H,4-11,13H2,1-3H3,(H2,29,42)(H,32,34)(H,35,45)(H,36,46)(H,37,43)(H,38,44)(H4,30,31,33)/t17-,18-,19?,20?,21-/m0/s1. The lowest BCUT2D eigenvalue weighted by molar-refractivity contribution is -0.146. The number of carbonyl (C=O) groups excluding carboxylic acids is 6. The molecule has 0 saturated carbocycles. The summed E-state index contributed by atoms with van der Waals surface area (Å²) in [5, 5.41) is 21.9. The number of H-pyrrole nitrogens is 1. The van der Waals surface area contributed by atoms with Crippen LogP contribution in [-0.4, -0.2) is 125 Å². The number of rotatable bonds is 20. The lowest BCUT2D eigenvalue weighted by Gasteiger charge is -2.29. The third-order valence-electron chi connectivity index (χ3n) is 7.19. The van der Waals surface area contributed by atoms with Gasteiger partial charge in [0.05, 0.1) is 26.5 Å². The molecule has 20 heteroatoms. The number of imidazole rings is 1. The number of esters is 1. The topological polar surface area (TPSA) is 314 Å². The van der Waals surface area contributed by atoms with E-state index in [2.05, 4.69) is 46.4 Å². The Morgan fingerprint density at radius 2 is 1.67 bits per heavy atom. The van der Waals surface area contributed by atoms with Crippen molar-refractivity contribution in [2.24, 2.45) is 22.2 Å². The molecule has 268 valence electrons. The number of nitrogens with one attached hydrogen (secondary N) is 6. The van der Waals surface area contributed by atoms with E-state index >= 15 is 0 Å². The molecule has 0 radical (unpaired) electrons. The summed E-state index contributed by atoms with van der Waals surface area (Å²) >= 11 is 0. The fourth-order valence-electron chi connectivity index (χ4n) is 4.94. The number of methoxy groups -OCH3 is 1. The third-order valence-corrected chi connectivity index (χ3v) is 7.19. The fraction of sp³-hybridized carbons (Fsp3) is 0.643. The maximum absolute atomic E-state index is 13.5. The summed E-state index contributed by atoms with van der Waals surface area (Å²) in [5.41, 5.74) is 19.7. The lowest BCUT2D eigenvalue weighted by atomic mass is 10.1. The molecule has 2 heterocycles. The van der Waals surface area contributed by atoms with E-state index in [1.165, 1.54) is 12.5 Å². The van der Waals surface area contributed by atoms with Gasteiger partial charge in [-0.3, -0.25) is 34.4 Å². The van der Waals surface area contributed by atoms with Crippen LogP contribution in [0.5, 0.6) is 0 Å². The highest BCUT2D eigenvalue weighted by Gasteiger charge is 2.35. The number of aliphatic imine (C=N–C) groups is 1. The summed E-state index contributed by atoms with van der Waals surface area (Å²) < 4.78 is 4.62. The van der Waals surface area contributed by atoms with Crippen molar-refractivity contribution < 1.29 is 38.6 Å². The molecule has 2 unspecified atom stereocenters. The Morgan fingerprint density at radius 1 is 1.02 bits per heavy atom. The van der Waals surface area contributed by atoms with Crippen LogP contribution < -0.4 is 43.9 Å². The van der Waals surface area contributed by atoms with Gasteiger partial charge in [0.2, 0.25) is 29.5 Å². The van der Waals surface area contributed by atoms with Crippen LogP contribution in [0.2, 0.25) is 0 Å². The van der Waals surface area contributed by atoms with E-state index in [0.717, 1.165) is 13.5 Å². The molecule has 20 nitrogen and oxygen atoms in total. The van der Waals surface area contributed by atoms with Crippen molar-refractivity contribution in [1.82, 2.24) is 41.7 Å². The highest BCUT2D eigenvalue weighted by atomic mass is 16.5. The van der Waals surface area contributed by atoms with Gasteiger partial charge in [0.1, 0.15) is 30.2 Å². The van der Waals surface area contributed by atoms with Crippen LogP contribution in [0.3, 0.4) is 0 Å². The first-order chi connectivity index (χ1) is 22.7. The Bertz CT molecular complexity index is 1270. The summed E-state index contributed by atoms with van der Waals surface area (Å²) in [6.45, 7) is 3.75. The number of aromatic amines is 1. The number of guanidine groups is 1. The minimum Gasteiger partial charge on any atom is -0.467 e. The summed E-state index contributed by atoms with van der Waals surface area (Å²) in [6.07, 6.45) is 3.79. The van der Waals surface area contributed by atoms with Gasteiger partial charge in [-0.05, 0) is 39.5 Å². The molecule has 0 aliphatic carbocycles. The van der Waals surface area contributed by atoms with Gasteiger partial charge in [-0.25, -0.2) is 14.8 Å². The maximum atomic E-state index is 13.5. The summed E-state index contributed by atoms with van der Waals surface area (Å²) in [5.74, 6) is -5.05. The molecule has 48 heavy (non-hydrogen) atoms. The number of hydrazine groups is 1. The van der Waals surface area contributed by atoms with Crippen LogP contribution in [0, 0.1) is 0 Å². The van der Waals surface area contributed by atoms with Crippen LogP contribution in [0.15, 0.2) is 17.5 Å². The number of aliphatic hydroxyl groups excluding tert-OH is 1. The number of nitrogens with zero attached hydrogens (tertiary/aromatic N) is 3. The Labute approximate surface area is 277 Å². The Balaban J connectivity index is 2.21. The molecule has 1 aliphatic rings. The molecular formula is C28H48N12O8. The van der Waals surface area contributed by atoms with Crippen molar-refractivity contribution in [3.8, 4) is 0 Å².